The first-order valence-electron chi connectivity index (χ1n) is 3.91. The molecule has 4 heteroatoms. The molecule has 0 aliphatic heterocycles. The van der Waals surface area contributed by atoms with Crippen molar-refractivity contribution in [1.82, 2.24) is 5.48 Å². The smallest absolute Gasteiger partial charge is 0.0920 e. The van der Waals surface area contributed by atoms with Crippen molar-refractivity contribution in [3.63, 3.8) is 0 Å². The van der Waals surface area contributed by atoms with Crippen molar-refractivity contribution in [2.24, 2.45) is 0 Å². The van der Waals surface area contributed by atoms with Crippen molar-refractivity contribution in [2.45, 2.75) is 20.0 Å². The fourth-order valence-corrected chi connectivity index (χ4v) is 0.570. The highest BCUT2D eigenvalue weighted by atomic mass is 16.6. The Balaban J connectivity index is 3.02. The first-order chi connectivity index (χ1) is 5.31. The summed E-state index contributed by atoms with van der Waals surface area (Å²) in [4.78, 5) is 4.82. The minimum Gasteiger partial charge on any atom is -0.389 e. The van der Waals surface area contributed by atoms with Gasteiger partial charge < -0.3 is 14.7 Å². The molecule has 0 aromatic heterocycles. The van der Waals surface area contributed by atoms with Crippen molar-refractivity contribution in [2.75, 3.05) is 26.4 Å². The van der Waals surface area contributed by atoms with Crippen molar-refractivity contribution in [1.29, 1.82) is 0 Å². The van der Waals surface area contributed by atoms with Gasteiger partial charge in [0.15, 0.2) is 0 Å². The second kappa shape index (κ2) is 7.94. The highest BCUT2D eigenvalue weighted by Crippen LogP contribution is 1.82. The maximum absolute atomic E-state index is 9.14. The summed E-state index contributed by atoms with van der Waals surface area (Å²) in [7, 11) is 0. The lowest BCUT2D eigenvalue weighted by atomic mass is 10.4. The molecule has 0 heterocycles. The first kappa shape index (κ1) is 10.8. The number of nitrogens with one attached hydrogen (secondary N) is 1. The zero-order valence-electron chi connectivity index (χ0n) is 7.17. The van der Waals surface area contributed by atoms with Gasteiger partial charge in [0.05, 0.1) is 19.3 Å². The van der Waals surface area contributed by atoms with E-state index in [1.54, 1.807) is 0 Å². The van der Waals surface area contributed by atoms with Gasteiger partial charge in [-0.3, -0.25) is 0 Å². The minimum atomic E-state index is -0.485. The van der Waals surface area contributed by atoms with Gasteiger partial charge in [-0.25, -0.2) is 0 Å². The molecule has 0 aliphatic rings. The summed E-state index contributed by atoms with van der Waals surface area (Å²) >= 11 is 0. The number of hydrogen-bond acceptors (Lipinski definition) is 4. The topological polar surface area (TPSA) is 50.7 Å². The van der Waals surface area contributed by atoms with Crippen LogP contribution in [-0.4, -0.2) is 37.6 Å². The lowest BCUT2D eigenvalue weighted by molar-refractivity contribution is -0.00891. The predicted octanol–water partition coefficient (Wildman–Crippen LogP) is -0.0751. The molecule has 0 aliphatic carbocycles. The van der Waals surface area contributed by atoms with Crippen LogP contribution in [0.3, 0.4) is 0 Å². The van der Waals surface area contributed by atoms with Gasteiger partial charge in [-0.2, -0.15) is 5.48 Å². The number of aliphatic hydroxyl groups is 1. The van der Waals surface area contributed by atoms with Gasteiger partial charge in [0.1, 0.15) is 0 Å². The Kier molecular flexibility index (Phi) is 7.83. The summed E-state index contributed by atoms with van der Waals surface area (Å²) < 4.78 is 4.98. The summed E-state index contributed by atoms with van der Waals surface area (Å²) in [5.74, 6) is 0. The maximum Gasteiger partial charge on any atom is 0.0920 e. The van der Waals surface area contributed by atoms with Crippen LogP contribution < -0.4 is 5.48 Å². The molecule has 0 bridgehead atoms. The molecule has 0 amide bonds. The number of rotatable bonds is 7. The summed E-state index contributed by atoms with van der Waals surface area (Å²) in [5, 5.41) is 9.14. The van der Waals surface area contributed by atoms with Gasteiger partial charge in [-0.1, -0.05) is 0 Å². The number of hydroxylamine groups is 1. The molecule has 0 saturated carbocycles. The fraction of sp³-hybridized carbons (Fsp3) is 1.00. The third kappa shape index (κ3) is 7.74. The van der Waals surface area contributed by atoms with Crippen molar-refractivity contribution < 1.29 is 14.7 Å². The molecule has 2 N–H and O–H groups in total. The molecule has 0 aromatic rings. The Morgan fingerprint density at radius 3 is 2.64 bits per heavy atom. The van der Waals surface area contributed by atoms with Crippen LogP contribution >= 0.6 is 0 Å². The zero-order valence-corrected chi connectivity index (χ0v) is 7.17. The molecule has 0 rings (SSSR count). The first-order valence-corrected chi connectivity index (χ1v) is 3.91. The molecule has 1 atom stereocenters. The highest BCUT2D eigenvalue weighted by molar-refractivity contribution is 4.52. The zero-order chi connectivity index (χ0) is 8.53. The van der Waals surface area contributed by atoms with E-state index in [1.165, 1.54) is 0 Å². The van der Waals surface area contributed by atoms with E-state index in [0.717, 1.165) is 0 Å². The highest BCUT2D eigenvalue weighted by Gasteiger charge is 2.01. The molecule has 11 heavy (non-hydrogen) atoms. The third-order valence-corrected chi connectivity index (χ3v) is 1.08. The molecule has 0 saturated heterocycles. The van der Waals surface area contributed by atoms with Crippen LogP contribution in [0, 0.1) is 0 Å². The van der Waals surface area contributed by atoms with E-state index in [-0.39, 0.29) is 0 Å². The molecule has 1 unspecified atom stereocenters. The Labute approximate surface area is 67.5 Å². The van der Waals surface area contributed by atoms with Gasteiger partial charge in [0.2, 0.25) is 0 Å². The van der Waals surface area contributed by atoms with Crippen LogP contribution in [0.1, 0.15) is 13.8 Å². The molecule has 0 fully saturated rings. The average Bonchev–Trinajstić information content (AvgIpc) is 2.01. The second-order valence-electron chi connectivity index (χ2n) is 2.09. The summed E-state index contributed by atoms with van der Waals surface area (Å²) in [6, 6.07) is 0. The van der Waals surface area contributed by atoms with E-state index >= 15 is 0 Å². The minimum absolute atomic E-state index is 0.358. The Morgan fingerprint density at radius 1 is 1.36 bits per heavy atom. The Bertz CT molecular complexity index is 80.1. The summed E-state index contributed by atoms with van der Waals surface area (Å²) in [6.45, 7) is 5.77. The molecular weight excluding hydrogens is 146 g/mol. The van der Waals surface area contributed by atoms with E-state index in [1.807, 2.05) is 13.8 Å². The van der Waals surface area contributed by atoms with E-state index < -0.39 is 6.10 Å². The van der Waals surface area contributed by atoms with Crippen molar-refractivity contribution in [3.05, 3.63) is 0 Å². The molecule has 0 aromatic carbocycles. The molecule has 4 nitrogen and oxygen atoms in total. The van der Waals surface area contributed by atoms with Gasteiger partial charge >= 0.3 is 0 Å². The number of aliphatic hydroxyl groups excluding tert-OH is 1. The second-order valence-corrected chi connectivity index (χ2v) is 2.09. The van der Waals surface area contributed by atoms with Crippen LogP contribution in [0.4, 0.5) is 0 Å². The predicted molar refractivity (Wildman–Crippen MR) is 42.1 cm³/mol. The lowest BCUT2D eigenvalue weighted by Gasteiger charge is -2.10. The standard InChI is InChI=1S/C7H17NO3/c1-3-10-6-7(9)5-8-11-4-2/h7-9H,3-6H2,1-2H3. The molecule has 68 valence electrons. The third-order valence-electron chi connectivity index (χ3n) is 1.08. The lowest BCUT2D eigenvalue weighted by Crippen LogP contribution is -2.30. The fourth-order valence-electron chi connectivity index (χ4n) is 0.570. The van der Waals surface area contributed by atoms with Crippen molar-refractivity contribution >= 4 is 0 Å². The Hall–Kier alpha value is -0.160. The van der Waals surface area contributed by atoms with Crippen LogP contribution in [0.5, 0.6) is 0 Å². The van der Waals surface area contributed by atoms with E-state index in [4.69, 9.17) is 14.7 Å². The maximum atomic E-state index is 9.14. The van der Waals surface area contributed by atoms with Gasteiger partial charge in [-0.15, -0.1) is 0 Å². The quantitative estimate of drug-likeness (QED) is 0.407. The van der Waals surface area contributed by atoms with E-state index in [9.17, 15) is 0 Å². The van der Waals surface area contributed by atoms with Crippen LogP contribution in [0.2, 0.25) is 0 Å². The molecular formula is C7H17NO3. The van der Waals surface area contributed by atoms with Gasteiger partial charge in [-0.05, 0) is 13.8 Å². The van der Waals surface area contributed by atoms with Crippen molar-refractivity contribution in [3.8, 4) is 0 Å². The largest absolute Gasteiger partial charge is 0.389 e. The van der Waals surface area contributed by atoms with E-state index in [2.05, 4.69) is 5.48 Å². The normalized spacial score (nSPS) is 13.4. The molecule has 0 radical (unpaired) electrons. The number of ether oxygens (including phenoxy) is 1. The van der Waals surface area contributed by atoms with Crippen LogP contribution in [-0.2, 0) is 9.57 Å². The van der Waals surface area contributed by atoms with Crippen LogP contribution in [0.25, 0.3) is 0 Å². The average molecular weight is 163 g/mol. The Morgan fingerprint density at radius 2 is 2.09 bits per heavy atom. The van der Waals surface area contributed by atoms with E-state index in [0.29, 0.717) is 26.4 Å². The monoisotopic (exact) mass is 163 g/mol. The summed E-state index contributed by atoms with van der Waals surface area (Å²) in [5.41, 5.74) is 2.61. The molecule has 0 spiro atoms. The number of hydrogen-bond donors (Lipinski definition) is 2. The van der Waals surface area contributed by atoms with Gasteiger partial charge in [0.25, 0.3) is 0 Å². The van der Waals surface area contributed by atoms with Gasteiger partial charge in [0, 0.05) is 13.2 Å². The summed E-state index contributed by atoms with van der Waals surface area (Å²) in [6.07, 6.45) is -0.485. The SMILES string of the molecule is CCOCC(O)CNOCC. The van der Waals surface area contributed by atoms with Crippen LogP contribution in [0.15, 0.2) is 0 Å².